The van der Waals surface area contributed by atoms with Crippen LogP contribution in [0.3, 0.4) is 0 Å². The topological polar surface area (TPSA) is 71.0 Å². The van der Waals surface area contributed by atoms with Crippen molar-refractivity contribution in [3.8, 4) is 0 Å². The molecule has 0 fully saturated rings. The Morgan fingerprint density at radius 3 is 2.60 bits per heavy atom. The Labute approximate surface area is 127 Å². The minimum atomic E-state index is -0.743. The maximum Gasteiger partial charge on any atom is 0.0897 e. The first-order chi connectivity index (χ1) is 9.52. The van der Waals surface area contributed by atoms with Crippen molar-refractivity contribution in [2.45, 2.75) is 38.4 Å². The third-order valence-corrected chi connectivity index (χ3v) is 3.58. The molecule has 6 heteroatoms. The number of rotatable bonds is 14. The van der Waals surface area contributed by atoms with Gasteiger partial charge < -0.3 is 25.0 Å². The summed E-state index contributed by atoms with van der Waals surface area (Å²) < 4.78 is 10.7. The molecule has 0 aliphatic heterocycles. The number of hydrogen-bond donors (Lipinski definition) is 3. The lowest BCUT2D eigenvalue weighted by molar-refractivity contribution is 0.00181. The van der Waals surface area contributed by atoms with Crippen molar-refractivity contribution in [1.82, 2.24) is 5.32 Å². The van der Waals surface area contributed by atoms with Crippen molar-refractivity contribution >= 4 is 11.8 Å². The van der Waals surface area contributed by atoms with E-state index in [0.717, 1.165) is 19.4 Å². The third-order valence-electron chi connectivity index (χ3n) is 2.67. The highest BCUT2D eigenvalue weighted by molar-refractivity contribution is 7.98. The molecule has 0 aliphatic rings. The van der Waals surface area contributed by atoms with Gasteiger partial charge in [-0.2, -0.15) is 11.8 Å². The average Bonchev–Trinajstić information content (AvgIpc) is 2.37. The van der Waals surface area contributed by atoms with E-state index >= 15 is 0 Å². The highest BCUT2D eigenvalue weighted by Gasteiger charge is 2.19. The van der Waals surface area contributed by atoms with Gasteiger partial charge in [0.1, 0.15) is 0 Å². The molecule has 20 heavy (non-hydrogen) atoms. The fourth-order valence-electron chi connectivity index (χ4n) is 1.61. The molecule has 0 aliphatic carbocycles. The van der Waals surface area contributed by atoms with E-state index in [0.29, 0.717) is 32.1 Å². The molecular formula is C14H31NO4S. The molecule has 2 unspecified atom stereocenters. The fraction of sp³-hybridized carbons (Fsp3) is 1.00. The van der Waals surface area contributed by atoms with Crippen LogP contribution in [-0.2, 0) is 9.47 Å². The van der Waals surface area contributed by atoms with Crippen LogP contribution < -0.4 is 5.32 Å². The molecule has 3 N–H and O–H groups in total. The summed E-state index contributed by atoms with van der Waals surface area (Å²) >= 11 is 1.60. The highest BCUT2D eigenvalue weighted by Crippen LogP contribution is 2.08. The molecule has 0 rings (SSSR count). The van der Waals surface area contributed by atoms with Gasteiger partial charge in [0.25, 0.3) is 0 Å². The van der Waals surface area contributed by atoms with Crippen LogP contribution in [0.4, 0.5) is 0 Å². The predicted octanol–water partition coefficient (Wildman–Crippen LogP) is 0.884. The second-order valence-corrected chi connectivity index (χ2v) is 6.12. The zero-order valence-electron chi connectivity index (χ0n) is 13.1. The number of aliphatic hydroxyl groups excluding tert-OH is 1. The molecule has 0 aromatic rings. The van der Waals surface area contributed by atoms with Crippen molar-refractivity contribution in [1.29, 1.82) is 0 Å². The molecule has 5 nitrogen and oxygen atoms in total. The summed E-state index contributed by atoms with van der Waals surface area (Å²) in [5.41, 5.74) is -0.743. The number of thioether (sulfide) groups is 1. The Morgan fingerprint density at radius 2 is 1.95 bits per heavy atom. The molecule has 0 heterocycles. The minimum Gasteiger partial charge on any atom is -0.389 e. The predicted molar refractivity (Wildman–Crippen MR) is 84.4 cm³/mol. The summed E-state index contributed by atoms with van der Waals surface area (Å²) in [6.07, 6.45) is 3.60. The summed E-state index contributed by atoms with van der Waals surface area (Å²) in [6.45, 7) is 6.93. The average molecular weight is 309 g/mol. The van der Waals surface area contributed by atoms with Crippen LogP contribution in [0.1, 0.15) is 26.7 Å². The third kappa shape index (κ3) is 13.1. The largest absolute Gasteiger partial charge is 0.389 e. The van der Waals surface area contributed by atoms with Gasteiger partial charge in [0.15, 0.2) is 0 Å². The van der Waals surface area contributed by atoms with E-state index in [4.69, 9.17) is 9.47 Å². The lowest BCUT2D eigenvalue weighted by atomic mass is 10.1. The number of hydrogen-bond acceptors (Lipinski definition) is 6. The lowest BCUT2D eigenvalue weighted by Crippen LogP contribution is -2.43. The minimum absolute atomic E-state index is 0.287. The molecule has 0 saturated carbocycles. The molecular weight excluding hydrogens is 278 g/mol. The van der Waals surface area contributed by atoms with Crippen LogP contribution >= 0.6 is 11.8 Å². The van der Waals surface area contributed by atoms with E-state index in [9.17, 15) is 10.2 Å². The maximum absolute atomic E-state index is 9.93. The van der Waals surface area contributed by atoms with Gasteiger partial charge in [-0.1, -0.05) is 13.3 Å². The summed E-state index contributed by atoms with van der Waals surface area (Å²) in [4.78, 5) is 0. The lowest BCUT2D eigenvalue weighted by Gasteiger charge is -2.23. The van der Waals surface area contributed by atoms with Gasteiger partial charge in [0, 0.05) is 25.4 Å². The zero-order chi connectivity index (χ0) is 15.3. The van der Waals surface area contributed by atoms with Gasteiger partial charge in [-0.3, -0.25) is 0 Å². The smallest absolute Gasteiger partial charge is 0.0897 e. The quantitative estimate of drug-likeness (QED) is 0.414. The number of ether oxygens (including phenoxy) is 2. The monoisotopic (exact) mass is 309 g/mol. The van der Waals surface area contributed by atoms with E-state index in [-0.39, 0.29) is 6.61 Å². The number of nitrogens with one attached hydrogen (secondary N) is 1. The molecule has 0 radical (unpaired) electrons. The van der Waals surface area contributed by atoms with Gasteiger partial charge in [0.05, 0.1) is 31.5 Å². The van der Waals surface area contributed by atoms with Crippen molar-refractivity contribution < 1.29 is 19.7 Å². The van der Waals surface area contributed by atoms with Gasteiger partial charge in [-0.15, -0.1) is 0 Å². The number of aliphatic hydroxyl groups is 2. The van der Waals surface area contributed by atoms with E-state index in [2.05, 4.69) is 12.2 Å². The summed E-state index contributed by atoms with van der Waals surface area (Å²) in [7, 11) is 0. The Balaban J connectivity index is 3.39. The highest BCUT2D eigenvalue weighted by atomic mass is 32.2. The SMILES string of the molecule is CCCCOCCOCC(O)CNCC(C)(O)CSC. The van der Waals surface area contributed by atoms with Crippen LogP contribution in [0.2, 0.25) is 0 Å². The van der Waals surface area contributed by atoms with Crippen molar-refractivity contribution in [2.75, 3.05) is 51.5 Å². The van der Waals surface area contributed by atoms with Gasteiger partial charge in [0.2, 0.25) is 0 Å². The summed E-state index contributed by atoms with van der Waals surface area (Å²) in [6, 6.07) is 0. The first-order valence-electron chi connectivity index (χ1n) is 7.27. The molecule has 0 bridgehead atoms. The Kier molecular flexibility index (Phi) is 13.0. The fourth-order valence-corrected chi connectivity index (χ4v) is 2.34. The molecule has 0 aromatic heterocycles. The maximum atomic E-state index is 9.93. The van der Waals surface area contributed by atoms with Gasteiger partial charge in [-0.25, -0.2) is 0 Å². The molecule has 0 saturated heterocycles. The van der Waals surface area contributed by atoms with E-state index in [1.54, 1.807) is 18.7 Å². The van der Waals surface area contributed by atoms with Crippen LogP contribution in [0.15, 0.2) is 0 Å². The van der Waals surface area contributed by atoms with Gasteiger partial charge >= 0.3 is 0 Å². The zero-order valence-corrected chi connectivity index (χ0v) is 13.9. The first kappa shape index (κ1) is 20.1. The van der Waals surface area contributed by atoms with E-state index in [1.165, 1.54) is 0 Å². The molecule has 0 spiro atoms. The molecule has 0 aromatic carbocycles. The second-order valence-electron chi connectivity index (χ2n) is 5.26. The number of unbranched alkanes of at least 4 members (excludes halogenated alkanes) is 1. The van der Waals surface area contributed by atoms with Crippen LogP contribution in [0, 0.1) is 0 Å². The van der Waals surface area contributed by atoms with Crippen LogP contribution in [0.5, 0.6) is 0 Å². The van der Waals surface area contributed by atoms with Crippen LogP contribution in [-0.4, -0.2) is 73.4 Å². The Bertz CT molecular complexity index is 217. The summed E-state index contributed by atoms with van der Waals surface area (Å²) in [5, 5.41) is 22.7. The summed E-state index contributed by atoms with van der Waals surface area (Å²) in [5.74, 6) is 0.668. The normalized spacial score (nSPS) is 16.1. The van der Waals surface area contributed by atoms with Crippen molar-refractivity contribution in [3.05, 3.63) is 0 Å². The molecule has 2 atom stereocenters. The van der Waals surface area contributed by atoms with Crippen molar-refractivity contribution in [2.24, 2.45) is 0 Å². The first-order valence-corrected chi connectivity index (χ1v) is 8.67. The Hall–Kier alpha value is 0.150. The van der Waals surface area contributed by atoms with E-state index in [1.807, 2.05) is 6.26 Å². The van der Waals surface area contributed by atoms with Crippen molar-refractivity contribution in [3.63, 3.8) is 0 Å². The Morgan fingerprint density at radius 1 is 1.25 bits per heavy atom. The van der Waals surface area contributed by atoms with Crippen LogP contribution in [0.25, 0.3) is 0 Å². The second kappa shape index (κ2) is 12.9. The van der Waals surface area contributed by atoms with E-state index < -0.39 is 11.7 Å². The molecule has 122 valence electrons. The standard InChI is InChI=1S/C14H31NO4S/c1-4-5-6-18-7-8-19-10-13(16)9-15-11-14(2,17)12-20-3/h13,15-17H,4-12H2,1-3H3. The van der Waals surface area contributed by atoms with Gasteiger partial charge in [-0.05, 0) is 19.6 Å². The molecule has 0 amide bonds.